The molecule has 0 radical (unpaired) electrons. The highest BCUT2D eigenvalue weighted by Gasteiger charge is 2.10. The molecular formula is C12H18N2O4S. The predicted octanol–water partition coefficient (Wildman–Crippen LogP) is 1.43. The van der Waals surface area contributed by atoms with Crippen LogP contribution in [0.15, 0.2) is 18.2 Å². The first kappa shape index (κ1) is 15.6. The Morgan fingerprint density at radius 3 is 2.63 bits per heavy atom. The van der Waals surface area contributed by atoms with Crippen molar-refractivity contribution < 1.29 is 13.3 Å². The molecule has 0 aliphatic heterocycles. The molecule has 0 unspecified atom stereocenters. The summed E-state index contributed by atoms with van der Waals surface area (Å²) < 4.78 is 21.8. The molecule has 1 aromatic rings. The van der Waals surface area contributed by atoms with Crippen LogP contribution in [0.4, 0.5) is 5.69 Å². The SMILES string of the molecule is Cc1ccc(CNCCCS(C)(=O)=O)cc1[N+](=O)[O-]. The monoisotopic (exact) mass is 286 g/mol. The highest BCUT2D eigenvalue weighted by Crippen LogP contribution is 2.18. The van der Waals surface area contributed by atoms with Gasteiger partial charge in [0.2, 0.25) is 0 Å². The van der Waals surface area contributed by atoms with Crippen molar-refractivity contribution in [3.63, 3.8) is 0 Å². The highest BCUT2D eigenvalue weighted by molar-refractivity contribution is 7.90. The van der Waals surface area contributed by atoms with E-state index in [2.05, 4.69) is 5.32 Å². The second kappa shape index (κ2) is 6.63. The highest BCUT2D eigenvalue weighted by atomic mass is 32.2. The molecule has 0 atom stereocenters. The zero-order chi connectivity index (χ0) is 14.5. The minimum absolute atomic E-state index is 0.107. The summed E-state index contributed by atoms with van der Waals surface area (Å²) in [5, 5.41) is 13.9. The molecule has 0 amide bonds. The lowest BCUT2D eigenvalue weighted by molar-refractivity contribution is -0.385. The van der Waals surface area contributed by atoms with Gasteiger partial charge in [0.05, 0.1) is 10.7 Å². The van der Waals surface area contributed by atoms with Gasteiger partial charge in [-0.25, -0.2) is 8.42 Å². The number of nitro groups is 1. The van der Waals surface area contributed by atoms with Crippen molar-refractivity contribution in [1.82, 2.24) is 5.32 Å². The first-order valence-corrected chi connectivity index (χ1v) is 7.98. The summed E-state index contributed by atoms with van der Waals surface area (Å²) in [6.45, 7) is 2.75. The summed E-state index contributed by atoms with van der Waals surface area (Å²) in [5.41, 5.74) is 1.55. The van der Waals surface area contributed by atoms with Gasteiger partial charge < -0.3 is 5.32 Å². The number of hydrogen-bond donors (Lipinski definition) is 1. The van der Waals surface area contributed by atoms with Crippen molar-refractivity contribution in [2.75, 3.05) is 18.6 Å². The lowest BCUT2D eigenvalue weighted by Gasteiger charge is -2.05. The second-order valence-corrected chi connectivity index (χ2v) is 6.80. The molecule has 0 bridgehead atoms. The molecule has 0 aliphatic carbocycles. The molecular weight excluding hydrogens is 268 g/mol. The topological polar surface area (TPSA) is 89.3 Å². The molecule has 0 fully saturated rings. The number of nitrogens with zero attached hydrogens (tertiary/aromatic N) is 1. The van der Waals surface area contributed by atoms with Crippen molar-refractivity contribution in [3.05, 3.63) is 39.4 Å². The molecule has 7 heteroatoms. The average Bonchev–Trinajstić information content (AvgIpc) is 2.29. The van der Waals surface area contributed by atoms with Gasteiger partial charge in [0.25, 0.3) is 5.69 Å². The molecule has 0 saturated heterocycles. The fourth-order valence-electron chi connectivity index (χ4n) is 1.65. The van der Waals surface area contributed by atoms with E-state index in [1.807, 2.05) is 6.07 Å². The first-order valence-electron chi connectivity index (χ1n) is 5.92. The molecule has 1 N–H and O–H groups in total. The first-order chi connectivity index (χ1) is 8.79. The summed E-state index contributed by atoms with van der Waals surface area (Å²) >= 11 is 0. The van der Waals surface area contributed by atoms with Crippen molar-refractivity contribution >= 4 is 15.5 Å². The quantitative estimate of drug-likeness (QED) is 0.465. The van der Waals surface area contributed by atoms with E-state index >= 15 is 0 Å². The standard InChI is InChI=1S/C12H18N2O4S/c1-10-4-5-11(8-12(10)14(15)16)9-13-6-3-7-19(2,17)18/h4-5,8,13H,3,6-7,9H2,1-2H3. The zero-order valence-electron chi connectivity index (χ0n) is 11.0. The number of nitro benzene ring substituents is 1. The van der Waals surface area contributed by atoms with Gasteiger partial charge in [-0.3, -0.25) is 10.1 Å². The Bertz CT molecular complexity index is 555. The minimum atomic E-state index is -2.92. The van der Waals surface area contributed by atoms with E-state index in [9.17, 15) is 18.5 Å². The van der Waals surface area contributed by atoms with Gasteiger partial charge in [-0.15, -0.1) is 0 Å². The molecule has 1 rings (SSSR count). The number of nitrogens with one attached hydrogen (secondary N) is 1. The smallest absolute Gasteiger partial charge is 0.272 e. The van der Waals surface area contributed by atoms with E-state index in [0.717, 1.165) is 5.56 Å². The molecule has 0 aromatic heterocycles. The summed E-state index contributed by atoms with van der Waals surface area (Å²) in [6.07, 6.45) is 1.74. The van der Waals surface area contributed by atoms with Crippen LogP contribution in [-0.2, 0) is 16.4 Å². The molecule has 0 aliphatic rings. The van der Waals surface area contributed by atoms with E-state index in [4.69, 9.17) is 0 Å². The minimum Gasteiger partial charge on any atom is -0.313 e. The van der Waals surface area contributed by atoms with E-state index < -0.39 is 14.8 Å². The normalized spacial score (nSPS) is 11.5. The Labute approximate surface area is 112 Å². The second-order valence-electron chi connectivity index (χ2n) is 4.54. The molecule has 0 spiro atoms. The molecule has 0 heterocycles. The van der Waals surface area contributed by atoms with Gasteiger partial charge in [-0.2, -0.15) is 0 Å². The average molecular weight is 286 g/mol. The van der Waals surface area contributed by atoms with Gasteiger partial charge in [-0.1, -0.05) is 12.1 Å². The van der Waals surface area contributed by atoms with Gasteiger partial charge in [-0.05, 0) is 25.5 Å². The molecule has 0 saturated carbocycles. The van der Waals surface area contributed by atoms with Crippen LogP contribution in [0.1, 0.15) is 17.5 Å². The van der Waals surface area contributed by atoms with E-state index in [0.29, 0.717) is 25.1 Å². The number of rotatable bonds is 7. The van der Waals surface area contributed by atoms with E-state index in [1.54, 1.807) is 19.1 Å². The van der Waals surface area contributed by atoms with Crippen LogP contribution in [0, 0.1) is 17.0 Å². The van der Waals surface area contributed by atoms with Crippen molar-refractivity contribution in [3.8, 4) is 0 Å². The van der Waals surface area contributed by atoms with Crippen LogP contribution in [0.5, 0.6) is 0 Å². The summed E-state index contributed by atoms with van der Waals surface area (Å²) in [5.74, 6) is 0.147. The lowest BCUT2D eigenvalue weighted by atomic mass is 10.1. The maximum Gasteiger partial charge on any atom is 0.272 e. The fourth-order valence-corrected chi connectivity index (χ4v) is 2.32. The van der Waals surface area contributed by atoms with Gasteiger partial charge in [0.1, 0.15) is 9.84 Å². The molecule has 1 aromatic carbocycles. The van der Waals surface area contributed by atoms with Crippen molar-refractivity contribution in [2.45, 2.75) is 19.9 Å². The Kier molecular flexibility index (Phi) is 5.44. The van der Waals surface area contributed by atoms with Crippen molar-refractivity contribution in [1.29, 1.82) is 0 Å². The van der Waals surface area contributed by atoms with E-state index in [-0.39, 0.29) is 11.4 Å². The maximum absolute atomic E-state index is 10.9. The molecule has 6 nitrogen and oxygen atoms in total. The van der Waals surface area contributed by atoms with Gasteiger partial charge in [0.15, 0.2) is 0 Å². The summed E-state index contributed by atoms with van der Waals surface area (Å²) in [7, 11) is -2.92. The van der Waals surface area contributed by atoms with Gasteiger partial charge in [0, 0.05) is 24.4 Å². The number of aryl methyl sites for hydroxylation is 1. The van der Waals surface area contributed by atoms with Crippen LogP contribution in [0.2, 0.25) is 0 Å². The third kappa shape index (κ3) is 5.80. The number of benzene rings is 1. The van der Waals surface area contributed by atoms with Crippen LogP contribution in [0.25, 0.3) is 0 Å². The summed E-state index contributed by atoms with van der Waals surface area (Å²) in [4.78, 5) is 10.4. The zero-order valence-corrected chi connectivity index (χ0v) is 11.9. The van der Waals surface area contributed by atoms with Crippen LogP contribution in [-0.4, -0.2) is 31.9 Å². The van der Waals surface area contributed by atoms with Gasteiger partial charge >= 0.3 is 0 Å². The number of sulfone groups is 1. The third-order valence-corrected chi connectivity index (χ3v) is 3.70. The predicted molar refractivity (Wildman–Crippen MR) is 73.9 cm³/mol. The summed E-state index contributed by atoms with van der Waals surface area (Å²) in [6, 6.07) is 5.08. The molecule has 106 valence electrons. The Balaban J connectivity index is 2.46. The Morgan fingerprint density at radius 1 is 1.37 bits per heavy atom. The van der Waals surface area contributed by atoms with Crippen LogP contribution >= 0.6 is 0 Å². The van der Waals surface area contributed by atoms with Crippen molar-refractivity contribution in [2.24, 2.45) is 0 Å². The Morgan fingerprint density at radius 2 is 2.05 bits per heavy atom. The van der Waals surface area contributed by atoms with Crippen LogP contribution in [0.3, 0.4) is 0 Å². The maximum atomic E-state index is 10.9. The number of hydrogen-bond acceptors (Lipinski definition) is 5. The third-order valence-electron chi connectivity index (χ3n) is 2.67. The fraction of sp³-hybridized carbons (Fsp3) is 0.500. The van der Waals surface area contributed by atoms with E-state index in [1.165, 1.54) is 6.26 Å². The molecule has 19 heavy (non-hydrogen) atoms. The largest absolute Gasteiger partial charge is 0.313 e. The lowest BCUT2D eigenvalue weighted by Crippen LogP contribution is -2.18. The Hall–Kier alpha value is -1.47. The van der Waals surface area contributed by atoms with Crippen LogP contribution < -0.4 is 5.32 Å².